The molecule has 3 N–H and O–H groups in total. The Labute approximate surface area is 170 Å². The van der Waals surface area contributed by atoms with Crippen molar-refractivity contribution in [1.82, 2.24) is 25.1 Å². The highest BCUT2D eigenvalue weighted by molar-refractivity contribution is 5.90. The van der Waals surface area contributed by atoms with E-state index < -0.39 is 0 Å². The average molecular weight is 396 g/mol. The van der Waals surface area contributed by atoms with Crippen LogP contribution in [0.15, 0.2) is 42.7 Å². The molecule has 154 valence electrons. The Morgan fingerprint density at radius 3 is 2.90 bits per heavy atom. The largest absolute Gasteiger partial charge is 0.353 e. The Hall–Kier alpha value is -2.71. The van der Waals surface area contributed by atoms with Gasteiger partial charge in [0.25, 0.3) is 0 Å². The summed E-state index contributed by atoms with van der Waals surface area (Å²) in [4.78, 5) is 37.1. The zero-order valence-corrected chi connectivity index (χ0v) is 16.7. The standard InChI is InChI=1S/C21H28N6O2/c1-26-16(7-8-19(28)25-15-5-3-2-4-6-15)13-24-21(29)20-17(26)9-12-27(20)14-18-22-10-11-23-18/h2-6,10-11,16-17,20H,7-9,12-14H2,1H3,(H,22,23)(H,24,29)(H,25,28)/t16-,17+,20-/m0/s1. The topological polar surface area (TPSA) is 93.4 Å². The fraction of sp³-hybridized carbons (Fsp3) is 0.476. The number of aromatic nitrogens is 2. The van der Waals surface area contributed by atoms with Crippen LogP contribution in [0.4, 0.5) is 5.69 Å². The summed E-state index contributed by atoms with van der Waals surface area (Å²) in [5, 5.41) is 6.03. The zero-order chi connectivity index (χ0) is 20.2. The maximum absolute atomic E-state index is 12.8. The van der Waals surface area contributed by atoms with E-state index in [2.05, 4.69) is 37.4 Å². The van der Waals surface area contributed by atoms with Crippen LogP contribution >= 0.6 is 0 Å². The molecule has 0 spiro atoms. The van der Waals surface area contributed by atoms with E-state index in [1.54, 1.807) is 12.4 Å². The molecular formula is C21H28N6O2. The lowest BCUT2D eigenvalue weighted by atomic mass is 10.0. The van der Waals surface area contributed by atoms with Crippen molar-refractivity contribution in [3.63, 3.8) is 0 Å². The van der Waals surface area contributed by atoms with Crippen LogP contribution < -0.4 is 10.6 Å². The molecule has 0 radical (unpaired) electrons. The number of nitrogens with zero attached hydrogens (tertiary/aromatic N) is 3. The number of amides is 2. The summed E-state index contributed by atoms with van der Waals surface area (Å²) in [5.74, 6) is 0.948. The van der Waals surface area contributed by atoms with Gasteiger partial charge in [-0.05, 0) is 32.0 Å². The second-order valence-electron chi connectivity index (χ2n) is 7.82. The van der Waals surface area contributed by atoms with Crippen LogP contribution in [0.3, 0.4) is 0 Å². The number of rotatable bonds is 6. The summed E-state index contributed by atoms with van der Waals surface area (Å²) in [6.45, 7) is 2.06. The predicted octanol–water partition coefficient (Wildman–Crippen LogP) is 1.20. The molecule has 0 unspecified atom stereocenters. The Morgan fingerprint density at radius 1 is 1.31 bits per heavy atom. The summed E-state index contributed by atoms with van der Waals surface area (Å²) in [6, 6.07) is 9.59. The van der Waals surface area contributed by atoms with Gasteiger partial charge in [0.2, 0.25) is 11.8 Å². The van der Waals surface area contributed by atoms with Gasteiger partial charge in [0.15, 0.2) is 0 Å². The van der Waals surface area contributed by atoms with Crippen molar-refractivity contribution < 1.29 is 9.59 Å². The first-order valence-electron chi connectivity index (χ1n) is 10.2. The molecule has 8 heteroatoms. The molecule has 2 aliphatic rings. The predicted molar refractivity (Wildman–Crippen MR) is 110 cm³/mol. The molecule has 2 amide bonds. The van der Waals surface area contributed by atoms with Crippen LogP contribution in [0, 0.1) is 0 Å². The Morgan fingerprint density at radius 2 is 2.14 bits per heavy atom. The van der Waals surface area contributed by atoms with Crippen LogP contribution in [-0.2, 0) is 16.1 Å². The van der Waals surface area contributed by atoms with E-state index in [0.717, 1.165) is 24.5 Å². The average Bonchev–Trinajstić information content (AvgIpc) is 3.36. The molecule has 0 saturated carbocycles. The van der Waals surface area contributed by atoms with E-state index in [1.165, 1.54) is 0 Å². The summed E-state index contributed by atoms with van der Waals surface area (Å²) in [5.41, 5.74) is 0.810. The second kappa shape index (κ2) is 8.75. The van der Waals surface area contributed by atoms with Crippen LogP contribution in [0.1, 0.15) is 25.1 Å². The molecule has 0 aliphatic carbocycles. The third kappa shape index (κ3) is 4.49. The third-order valence-electron chi connectivity index (χ3n) is 6.02. The maximum Gasteiger partial charge on any atom is 0.239 e. The van der Waals surface area contributed by atoms with Crippen LogP contribution in [0.5, 0.6) is 0 Å². The number of hydrogen-bond donors (Lipinski definition) is 3. The summed E-state index contributed by atoms with van der Waals surface area (Å²) < 4.78 is 0. The minimum atomic E-state index is -0.187. The van der Waals surface area contributed by atoms with E-state index in [0.29, 0.717) is 25.9 Å². The van der Waals surface area contributed by atoms with Gasteiger partial charge in [-0.3, -0.25) is 19.4 Å². The maximum atomic E-state index is 12.8. The Balaban J connectivity index is 1.36. The minimum Gasteiger partial charge on any atom is -0.353 e. The number of H-pyrrole nitrogens is 1. The number of likely N-dealkylation sites (N-methyl/N-ethyl adjacent to an activating group) is 1. The first-order valence-corrected chi connectivity index (χ1v) is 10.2. The number of aromatic amines is 1. The second-order valence-corrected chi connectivity index (χ2v) is 7.82. The molecule has 2 aromatic rings. The molecular weight excluding hydrogens is 368 g/mol. The highest BCUT2D eigenvalue weighted by Gasteiger charge is 2.45. The highest BCUT2D eigenvalue weighted by Crippen LogP contribution is 2.28. The lowest BCUT2D eigenvalue weighted by molar-refractivity contribution is -0.126. The van der Waals surface area contributed by atoms with Crippen molar-refractivity contribution in [3.05, 3.63) is 48.5 Å². The number of likely N-dealkylation sites (tertiary alicyclic amines) is 1. The van der Waals surface area contributed by atoms with Gasteiger partial charge < -0.3 is 15.6 Å². The zero-order valence-electron chi connectivity index (χ0n) is 16.7. The Kier molecular flexibility index (Phi) is 5.92. The molecule has 2 saturated heterocycles. The number of fused-ring (bicyclic) bond motifs is 1. The van der Waals surface area contributed by atoms with Crippen molar-refractivity contribution in [2.24, 2.45) is 0 Å². The van der Waals surface area contributed by atoms with E-state index in [4.69, 9.17) is 0 Å². The fourth-order valence-electron chi connectivity index (χ4n) is 4.45. The van der Waals surface area contributed by atoms with Gasteiger partial charge in [-0.1, -0.05) is 18.2 Å². The van der Waals surface area contributed by atoms with Gasteiger partial charge in [0.05, 0.1) is 6.54 Å². The monoisotopic (exact) mass is 396 g/mol. The normalized spacial score (nSPS) is 25.3. The lowest BCUT2D eigenvalue weighted by Crippen LogP contribution is -2.49. The minimum absolute atomic E-state index is 0.00240. The summed E-state index contributed by atoms with van der Waals surface area (Å²) >= 11 is 0. The number of carbonyl (C=O) groups excluding carboxylic acids is 2. The van der Waals surface area contributed by atoms with E-state index in [1.807, 2.05) is 30.3 Å². The molecule has 1 aromatic carbocycles. The quantitative estimate of drug-likeness (QED) is 0.682. The van der Waals surface area contributed by atoms with Crippen LogP contribution in [0.2, 0.25) is 0 Å². The SMILES string of the molecule is CN1[C@@H](CCC(=O)Nc2ccccc2)CNC(=O)[C@@H]2[C@H]1CCN2Cc1ncc[nH]1. The molecule has 3 atom stereocenters. The molecule has 8 nitrogen and oxygen atoms in total. The van der Waals surface area contributed by atoms with Crippen molar-refractivity contribution in [2.75, 3.05) is 25.5 Å². The molecule has 0 bridgehead atoms. The Bertz CT molecular complexity index is 825. The smallest absolute Gasteiger partial charge is 0.239 e. The summed E-state index contributed by atoms with van der Waals surface area (Å²) in [7, 11) is 2.08. The van der Waals surface area contributed by atoms with Crippen LogP contribution in [-0.4, -0.2) is 69.8 Å². The number of nitrogens with one attached hydrogen (secondary N) is 3. The molecule has 1 aromatic heterocycles. The number of para-hydroxylation sites is 1. The van der Waals surface area contributed by atoms with E-state index >= 15 is 0 Å². The number of hydrogen-bond acceptors (Lipinski definition) is 5. The van der Waals surface area contributed by atoms with E-state index in [-0.39, 0.29) is 29.9 Å². The molecule has 4 rings (SSSR count). The first-order chi connectivity index (χ1) is 14.1. The van der Waals surface area contributed by atoms with Gasteiger partial charge >= 0.3 is 0 Å². The molecule has 29 heavy (non-hydrogen) atoms. The number of imidazole rings is 1. The van der Waals surface area contributed by atoms with Crippen molar-refractivity contribution in [1.29, 1.82) is 0 Å². The molecule has 2 fully saturated rings. The van der Waals surface area contributed by atoms with Crippen molar-refractivity contribution >= 4 is 17.5 Å². The number of carbonyl (C=O) groups is 2. The molecule has 2 aliphatic heterocycles. The third-order valence-corrected chi connectivity index (χ3v) is 6.02. The number of anilines is 1. The van der Waals surface area contributed by atoms with Crippen molar-refractivity contribution in [3.8, 4) is 0 Å². The summed E-state index contributed by atoms with van der Waals surface area (Å²) in [6.07, 6.45) is 5.60. The first kappa shape index (κ1) is 19.6. The van der Waals surface area contributed by atoms with Gasteiger partial charge in [0, 0.05) is 49.7 Å². The van der Waals surface area contributed by atoms with Crippen LogP contribution in [0.25, 0.3) is 0 Å². The van der Waals surface area contributed by atoms with Crippen molar-refractivity contribution in [2.45, 2.75) is 43.9 Å². The number of benzene rings is 1. The van der Waals surface area contributed by atoms with Gasteiger partial charge in [-0.2, -0.15) is 0 Å². The molecule has 3 heterocycles. The van der Waals surface area contributed by atoms with Gasteiger partial charge in [-0.15, -0.1) is 0 Å². The highest BCUT2D eigenvalue weighted by atomic mass is 16.2. The van der Waals surface area contributed by atoms with Gasteiger partial charge in [0.1, 0.15) is 11.9 Å². The fourth-order valence-corrected chi connectivity index (χ4v) is 4.45. The van der Waals surface area contributed by atoms with E-state index in [9.17, 15) is 9.59 Å². The lowest BCUT2D eigenvalue weighted by Gasteiger charge is -2.33. The van der Waals surface area contributed by atoms with Gasteiger partial charge in [-0.25, -0.2) is 4.98 Å².